The first kappa shape index (κ1) is 16.6. The van der Waals surface area contributed by atoms with Gasteiger partial charge in [-0.2, -0.15) is 0 Å². The SMILES string of the molecule is NC(=O)CCn1c(SCc2ccc(Cl)cc2Cl)nnc1C1CC1. The summed E-state index contributed by atoms with van der Waals surface area (Å²) in [5.41, 5.74) is 6.25. The molecule has 0 atom stereocenters. The largest absolute Gasteiger partial charge is 0.370 e. The first-order valence-corrected chi connectivity index (χ1v) is 9.07. The van der Waals surface area contributed by atoms with E-state index < -0.39 is 0 Å². The van der Waals surface area contributed by atoms with Crippen LogP contribution in [0.1, 0.15) is 36.6 Å². The number of halogens is 2. The van der Waals surface area contributed by atoms with Crippen LogP contribution in [-0.4, -0.2) is 20.7 Å². The molecule has 0 spiro atoms. The van der Waals surface area contributed by atoms with Gasteiger partial charge in [-0.05, 0) is 30.5 Å². The van der Waals surface area contributed by atoms with Gasteiger partial charge in [-0.1, -0.05) is 41.0 Å². The van der Waals surface area contributed by atoms with E-state index in [2.05, 4.69) is 10.2 Å². The van der Waals surface area contributed by atoms with E-state index in [0.29, 0.717) is 28.3 Å². The summed E-state index contributed by atoms with van der Waals surface area (Å²) in [4.78, 5) is 11.1. The van der Waals surface area contributed by atoms with E-state index in [-0.39, 0.29) is 12.3 Å². The lowest BCUT2D eigenvalue weighted by molar-refractivity contribution is -0.118. The Kier molecular flexibility index (Phi) is 5.14. The molecule has 2 N–H and O–H groups in total. The number of benzene rings is 1. The number of nitrogens with zero attached hydrogens (tertiary/aromatic N) is 3. The fraction of sp³-hybridized carbons (Fsp3) is 0.400. The molecule has 3 rings (SSSR count). The molecule has 1 fully saturated rings. The average Bonchev–Trinajstić information content (AvgIpc) is 3.25. The van der Waals surface area contributed by atoms with E-state index in [1.54, 1.807) is 17.8 Å². The van der Waals surface area contributed by atoms with Crippen molar-refractivity contribution in [1.29, 1.82) is 0 Å². The van der Waals surface area contributed by atoms with Crippen molar-refractivity contribution in [3.63, 3.8) is 0 Å². The molecule has 1 aromatic carbocycles. The standard InChI is InChI=1S/C15H16Cl2N4OS/c16-11-4-3-10(12(17)7-11)8-23-15-20-19-14(9-1-2-9)21(15)6-5-13(18)22/h3-4,7,9H,1-2,5-6,8H2,(H2,18,22). The number of rotatable bonds is 7. The first-order valence-electron chi connectivity index (χ1n) is 7.32. The molecule has 1 heterocycles. The maximum atomic E-state index is 11.1. The van der Waals surface area contributed by atoms with E-state index in [4.69, 9.17) is 28.9 Å². The number of carbonyl (C=O) groups is 1. The Hall–Kier alpha value is -1.24. The topological polar surface area (TPSA) is 73.8 Å². The Balaban J connectivity index is 1.75. The highest BCUT2D eigenvalue weighted by molar-refractivity contribution is 7.98. The predicted octanol–water partition coefficient (Wildman–Crippen LogP) is 3.63. The summed E-state index contributed by atoms with van der Waals surface area (Å²) in [5.74, 6) is 1.76. The number of primary amides is 1. The van der Waals surface area contributed by atoms with E-state index in [0.717, 1.165) is 29.4 Å². The monoisotopic (exact) mass is 370 g/mol. The molecule has 1 aromatic heterocycles. The van der Waals surface area contributed by atoms with Crippen molar-refractivity contribution >= 4 is 40.9 Å². The molecular weight excluding hydrogens is 355 g/mol. The average molecular weight is 371 g/mol. The molecule has 0 unspecified atom stereocenters. The molecule has 2 aromatic rings. The molecule has 5 nitrogen and oxygen atoms in total. The van der Waals surface area contributed by atoms with Crippen LogP contribution in [0.25, 0.3) is 0 Å². The van der Waals surface area contributed by atoms with E-state index in [1.165, 1.54) is 0 Å². The molecule has 0 aliphatic heterocycles. The van der Waals surface area contributed by atoms with Crippen LogP contribution in [0.5, 0.6) is 0 Å². The van der Waals surface area contributed by atoms with Gasteiger partial charge in [0.05, 0.1) is 0 Å². The summed E-state index contributed by atoms with van der Waals surface area (Å²) >= 11 is 13.7. The molecular formula is C15H16Cl2N4OS. The smallest absolute Gasteiger partial charge is 0.219 e. The van der Waals surface area contributed by atoms with Crippen molar-refractivity contribution in [3.05, 3.63) is 39.6 Å². The van der Waals surface area contributed by atoms with Gasteiger partial charge in [0.25, 0.3) is 0 Å². The molecule has 1 aliphatic rings. The maximum absolute atomic E-state index is 11.1. The molecule has 1 saturated carbocycles. The van der Waals surface area contributed by atoms with Crippen LogP contribution in [0, 0.1) is 0 Å². The molecule has 8 heteroatoms. The summed E-state index contributed by atoms with van der Waals surface area (Å²) in [5, 5.41) is 10.6. The van der Waals surface area contributed by atoms with Crippen LogP contribution in [0.3, 0.4) is 0 Å². The number of thioether (sulfide) groups is 1. The minimum absolute atomic E-state index is 0.285. The maximum Gasteiger partial charge on any atom is 0.219 e. The third-order valence-electron chi connectivity index (χ3n) is 3.64. The van der Waals surface area contributed by atoms with Crippen LogP contribution >= 0.6 is 35.0 Å². The fourth-order valence-electron chi connectivity index (χ4n) is 2.26. The Morgan fingerprint density at radius 2 is 2.13 bits per heavy atom. The molecule has 1 amide bonds. The van der Waals surface area contributed by atoms with Gasteiger partial charge in [-0.15, -0.1) is 10.2 Å². The number of hydrogen-bond acceptors (Lipinski definition) is 4. The molecule has 122 valence electrons. The van der Waals surface area contributed by atoms with Gasteiger partial charge in [0.2, 0.25) is 5.91 Å². The van der Waals surface area contributed by atoms with Crippen LogP contribution in [-0.2, 0) is 17.1 Å². The number of carbonyl (C=O) groups excluding carboxylic acids is 1. The van der Waals surface area contributed by atoms with Gasteiger partial charge in [-0.3, -0.25) is 4.79 Å². The van der Waals surface area contributed by atoms with Crippen LogP contribution in [0.2, 0.25) is 10.0 Å². The lowest BCUT2D eigenvalue weighted by Crippen LogP contribution is -2.15. The quantitative estimate of drug-likeness (QED) is 0.755. The van der Waals surface area contributed by atoms with Crippen LogP contribution in [0.15, 0.2) is 23.4 Å². The number of amides is 1. The van der Waals surface area contributed by atoms with Crippen molar-refractivity contribution < 1.29 is 4.79 Å². The van der Waals surface area contributed by atoms with E-state index >= 15 is 0 Å². The van der Waals surface area contributed by atoms with Crippen molar-refractivity contribution in [2.45, 2.75) is 42.6 Å². The Morgan fingerprint density at radius 1 is 1.35 bits per heavy atom. The summed E-state index contributed by atoms with van der Waals surface area (Å²) < 4.78 is 2.01. The molecule has 0 saturated heterocycles. The second-order valence-corrected chi connectivity index (χ2v) is 7.29. The van der Waals surface area contributed by atoms with Crippen molar-refractivity contribution in [2.75, 3.05) is 0 Å². The zero-order chi connectivity index (χ0) is 16.4. The number of hydrogen-bond donors (Lipinski definition) is 1. The van der Waals surface area contributed by atoms with E-state index in [1.807, 2.05) is 16.7 Å². The molecule has 0 bridgehead atoms. The van der Waals surface area contributed by atoms with Gasteiger partial charge in [0.15, 0.2) is 5.16 Å². The van der Waals surface area contributed by atoms with Crippen molar-refractivity contribution in [2.24, 2.45) is 5.73 Å². The third kappa shape index (κ3) is 4.19. The summed E-state index contributed by atoms with van der Waals surface area (Å²) in [6.45, 7) is 0.519. The lowest BCUT2D eigenvalue weighted by atomic mass is 10.2. The highest BCUT2D eigenvalue weighted by Crippen LogP contribution is 2.40. The van der Waals surface area contributed by atoms with Crippen molar-refractivity contribution in [3.8, 4) is 0 Å². The van der Waals surface area contributed by atoms with E-state index in [9.17, 15) is 4.79 Å². The minimum atomic E-state index is -0.322. The number of nitrogens with two attached hydrogens (primary N) is 1. The zero-order valence-electron chi connectivity index (χ0n) is 12.3. The molecule has 23 heavy (non-hydrogen) atoms. The van der Waals surface area contributed by atoms with Gasteiger partial charge in [-0.25, -0.2) is 0 Å². The van der Waals surface area contributed by atoms with Crippen LogP contribution in [0.4, 0.5) is 0 Å². The first-order chi connectivity index (χ1) is 11.0. The normalized spacial score (nSPS) is 14.2. The zero-order valence-corrected chi connectivity index (χ0v) is 14.7. The highest BCUT2D eigenvalue weighted by atomic mass is 35.5. The fourth-order valence-corrected chi connectivity index (χ4v) is 3.79. The molecule has 1 aliphatic carbocycles. The lowest BCUT2D eigenvalue weighted by Gasteiger charge is -2.09. The van der Waals surface area contributed by atoms with Gasteiger partial charge >= 0.3 is 0 Å². The van der Waals surface area contributed by atoms with Crippen molar-refractivity contribution in [1.82, 2.24) is 14.8 Å². The Labute approximate surface area is 148 Å². The van der Waals surface area contributed by atoms with Gasteiger partial charge in [0, 0.05) is 34.7 Å². The Bertz CT molecular complexity index is 730. The summed E-state index contributed by atoms with van der Waals surface area (Å²) in [7, 11) is 0. The van der Waals surface area contributed by atoms with Gasteiger partial charge in [0.1, 0.15) is 5.82 Å². The second-order valence-electron chi connectivity index (χ2n) is 5.51. The van der Waals surface area contributed by atoms with Crippen LogP contribution < -0.4 is 5.73 Å². The Morgan fingerprint density at radius 3 is 2.78 bits per heavy atom. The summed E-state index contributed by atoms with van der Waals surface area (Å²) in [6.07, 6.45) is 2.54. The third-order valence-corrected chi connectivity index (χ3v) is 5.24. The highest BCUT2D eigenvalue weighted by Gasteiger charge is 2.30. The number of aromatic nitrogens is 3. The predicted molar refractivity (Wildman–Crippen MR) is 91.8 cm³/mol. The molecule has 0 radical (unpaired) electrons. The minimum Gasteiger partial charge on any atom is -0.370 e. The summed E-state index contributed by atoms with van der Waals surface area (Å²) in [6, 6.07) is 5.45. The second kappa shape index (κ2) is 7.11. The van der Waals surface area contributed by atoms with Gasteiger partial charge < -0.3 is 10.3 Å².